The van der Waals surface area contributed by atoms with Gasteiger partial charge in [0, 0.05) is 0 Å². The van der Waals surface area contributed by atoms with Gasteiger partial charge in [0.15, 0.2) is 0 Å². The summed E-state index contributed by atoms with van der Waals surface area (Å²) >= 11 is 0. The third kappa shape index (κ3) is 2.51. The molecular formula is C14H24Si. The van der Waals surface area contributed by atoms with E-state index >= 15 is 0 Å². The molecule has 1 heteroatoms. The van der Waals surface area contributed by atoms with Crippen molar-refractivity contribution in [2.75, 3.05) is 0 Å². The zero-order valence-corrected chi connectivity index (χ0v) is 12.4. The molecule has 0 atom stereocenters. The molecule has 0 saturated carbocycles. The average Bonchev–Trinajstić information content (AvgIpc) is 2.45. The molecular weight excluding hydrogens is 196 g/mol. The molecule has 15 heavy (non-hydrogen) atoms. The molecule has 84 valence electrons. The molecule has 0 unspecified atom stereocenters. The van der Waals surface area contributed by atoms with Crippen LogP contribution in [0.1, 0.15) is 34.6 Å². The van der Waals surface area contributed by atoms with E-state index in [2.05, 4.69) is 59.9 Å². The first kappa shape index (κ1) is 12.5. The van der Waals surface area contributed by atoms with Gasteiger partial charge in [-0.3, -0.25) is 0 Å². The maximum Gasteiger partial charge on any atom is 0.0659 e. The van der Waals surface area contributed by atoms with Crippen LogP contribution in [-0.2, 0) is 0 Å². The Kier molecular flexibility index (Phi) is 3.44. The molecule has 0 amide bonds. The lowest BCUT2D eigenvalue weighted by atomic mass is 9.87. The summed E-state index contributed by atoms with van der Waals surface area (Å²) < 4.78 is 0. The lowest BCUT2D eigenvalue weighted by molar-refractivity contribution is 0.517. The molecule has 0 aliphatic heterocycles. The molecule has 1 aliphatic carbocycles. The Morgan fingerprint density at radius 3 is 1.93 bits per heavy atom. The van der Waals surface area contributed by atoms with Crippen molar-refractivity contribution in [2.24, 2.45) is 5.41 Å². The molecule has 1 aliphatic rings. The summed E-state index contributed by atoms with van der Waals surface area (Å²) in [5, 5.41) is 1.68. The van der Waals surface area contributed by atoms with Crippen LogP contribution in [0.2, 0.25) is 13.1 Å². The van der Waals surface area contributed by atoms with Crippen LogP contribution in [0.5, 0.6) is 0 Å². The van der Waals surface area contributed by atoms with Gasteiger partial charge in [0.2, 0.25) is 0 Å². The normalized spacial score (nSPS) is 16.9. The molecule has 0 aromatic carbocycles. The van der Waals surface area contributed by atoms with Crippen molar-refractivity contribution in [3.63, 3.8) is 0 Å². The van der Waals surface area contributed by atoms with E-state index < -0.39 is 8.80 Å². The molecule has 0 aromatic heterocycles. The predicted octanol–water partition coefficient (Wildman–Crippen LogP) is 4.26. The minimum Gasteiger partial charge on any atom is -0.0693 e. The molecule has 1 rings (SSSR count). The van der Waals surface area contributed by atoms with E-state index in [1.54, 1.807) is 10.8 Å². The zero-order valence-electron chi connectivity index (χ0n) is 11.2. The van der Waals surface area contributed by atoms with E-state index in [4.69, 9.17) is 0 Å². The predicted molar refractivity (Wildman–Crippen MR) is 72.9 cm³/mol. The summed E-state index contributed by atoms with van der Waals surface area (Å²) in [6.45, 7) is 16.3. The first-order valence-electron chi connectivity index (χ1n) is 5.85. The molecule has 0 aromatic rings. The van der Waals surface area contributed by atoms with Gasteiger partial charge in [0.1, 0.15) is 0 Å². The standard InChI is InChI=1S/C14H24Si/c1-10(2)11-8-9-12(14(3,4)5)13(11)15(6)7/h8-9,15H,1-7H3. The number of hydrogen-bond donors (Lipinski definition) is 0. The lowest BCUT2D eigenvalue weighted by Crippen LogP contribution is -2.16. The maximum absolute atomic E-state index is 2.43. The summed E-state index contributed by atoms with van der Waals surface area (Å²) in [6, 6.07) is 0. The van der Waals surface area contributed by atoms with E-state index in [0.717, 1.165) is 0 Å². The molecule has 0 saturated heterocycles. The maximum atomic E-state index is 2.43. The largest absolute Gasteiger partial charge is 0.0693 e. The minimum atomic E-state index is -0.735. The SMILES string of the molecule is CC(C)=C1C=CC(C(C)(C)C)=C1[SiH](C)C. The van der Waals surface area contributed by atoms with Crippen molar-refractivity contribution in [1.29, 1.82) is 0 Å². The van der Waals surface area contributed by atoms with Gasteiger partial charge in [-0.2, -0.15) is 0 Å². The van der Waals surface area contributed by atoms with Crippen LogP contribution < -0.4 is 0 Å². The van der Waals surface area contributed by atoms with Crippen LogP contribution in [0.3, 0.4) is 0 Å². The van der Waals surface area contributed by atoms with Gasteiger partial charge in [0.05, 0.1) is 8.80 Å². The molecule has 0 bridgehead atoms. The second-order valence-corrected chi connectivity index (χ2v) is 8.87. The fourth-order valence-corrected chi connectivity index (χ4v) is 4.36. The van der Waals surface area contributed by atoms with Crippen LogP contribution in [0.15, 0.2) is 34.1 Å². The fraction of sp³-hybridized carbons (Fsp3) is 0.571. The molecule has 0 heterocycles. The Bertz CT molecular complexity index is 342. The van der Waals surface area contributed by atoms with Gasteiger partial charge >= 0.3 is 0 Å². The van der Waals surface area contributed by atoms with Gasteiger partial charge in [-0.25, -0.2) is 0 Å². The lowest BCUT2D eigenvalue weighted by Gasteiger charge is -2.24. The van der Waals surface area contributed by atoms with Crippen molar-refractivity contribution in [2.45, 2.75) is 47.7 Å². The Morgan fingerprint density at radius 1 is 1.07 bits per heavy atom. The second-order valence-electron chi connectivity index (χ2n) is 5.98. The summed E-state index contributed by atoms with van der Waals surface area (Å²) in [4.78, 5) is 0. The second kappa shape index (κ2) is 4.13. The van der Waals surface area contributed by atoms with Crippen molar-refractivity contribution < 1.29 is 0 Å². The van der Waals surface area contributed by atoms with E-state index in [9.17, 15) is 0 Å². The summed E-state index contributed by atoms with van der Waals surface area (Å²) in [7, 11) is -0.735. The Labute approximate surface area is 96.4 Å². The monoisotopic (exact) mass is 220 g/mol. The molecule has 0 fully saturated rings. The van der Waals surface area contributed by atoms with E-state index in [0.29, 0.717) is 5.41 Å². The molecule has 0 radical (unpaired) electrons. The summed E-state index contributed by atoms with van der Waals surface area (Å²) in [6.07, 6.45) is 4.66. The highest BCUT2D eigenvalue weighted by Crippen LogP contribution is 2.38. The van der Waals surface area contributed by atoms with Crippen LogP contribution in [0, 0.1) is 5.41 Å². The first-order chi connectivity index (χ1) is 6.75. The van der Waals surface area contributed by atoms with Crippen LogP contribution in [0.25, 0.3) is 0 Å². The van der Waals surface area contributed by atoms with Crippen molar-refractivity contribution >= 4 is 8.80 Å². The third-order valence-corrected chi connectivity index (χ3v) is 4.70. The van der Waals surface area contributed by atoms with Gasteiger partial charge in [-0.05, 0) is 30.4 Å². The fourth-order valence-electron chi connectivity index (χ4n) is 2.20. The topological polar surface area (TPSA) is 0 Å². The number of allylic oxidation sites excluding steroid dienone is 6. The van der Waals surface area contributed by atoms with Crippen LogP contribution >= 0.6 is 0 Å². The Morgan fingerprint density at radius 2 is 1.60 bits per heavy atom. The Balaban J connectivity index is 3.34. The molecule has 0 N–H and O–H groups in total. The quantitative estimate of drug-likeness (QED) is 0.579. The van der Waals surface area contributed by atoms with Crippen LogP contribution in [-0.4, -0.2) is 8.80 Å². The highest BCUT2D eigenvalue weighted by atomic mass is 28.3. The first-order valence-corrected chi connectivity index (χ1v) is 8.74. The van der Waals surface area contributed by atoms with Gasteiger partial charge in [0.25, 0.3) is 0 Å². The van der Waals surface area contributed by atoms with Gasteiger partial charge in [-0.1, -0.05) is 56.8 Å². The minimum absolute atomic E-state index is 0.292. The van der Waals surface area contributed by atoms with E-state index in [1.807, 2.05) is 0 Å². The highest BCUT2D eigenvalue weighted by Gasteiger charge is 2.26. The van der Waals surface area contributed by atoms with Crippen molar-refractivity contribution in [3.05, 3.63) is 34.1 Å². The molecule has 0 nitrogen and oxygen atoms in total. The highest BCUT2D eigenvalue weighted by molar-refractivity contribution is 6.65. The third-order valence-electron chi connectivity index (χ3n) is 2.92. The van der Waals surface area contributed by atoms with Crippen molar-refractivity contribution in [3.8, 4) is 0 Å². The summed E-state index contributed by atoms with van der Waals surface area (Å²) in [5.41, 5.74) is 4.84. The van der Waals surface area contributed by atoms with E-state index in [1.165, 1.54) is 11.1 Å². The van der Waals surface area contributed by atoms with Gasteiger partial charge < -0.3 is 0 Å². The average molecular weight is 220 g/mol. The number of hydrogen-bond acceptors (Lipinski definition) is 0. The Hall–Kier alpha value is -0.563. The van der Waals surface area contributed by atoms with E-state index in [-0.39, 0.29) is 0 Å². The number of rotatable bonds is 1. The zero-order chi connectivity index (χ0) is 11.8. The smallest absolute Gasteiger partial charge is 0.0659 e. The van der Waals surface area contributed by atoms with Gasteiger partial charge in [-0.15, -0.1) is 0 Å². The van der Waals surface area contributed by atoms with Crippen LogP contribution in [0.4, 0.5) is 0 Å². The van der Waals surface area contributed by atoms with Crippen molar-refractivity contribution in [1.82, 2.24) is 0 Å². The molecule has 0 spiro atoms. The summed E-state index contributed by atoms with van der Waals surface area (Å²) in [5.74, 6) is 0.